The van der Waals surface area contributed by atoms with E-state index in [9.17, 15) is 12.8 Å². The van der Waals surface area contributed by atoms with E-state index >= 15 is 0 Å². The first-order chi connectivity index (χ1) is 9.83. The first kappa shape index (κ1) is 16.4. The van der Waals surface area contributed by atoms with E-state index in [4.69, 9.17) is 16.7 Å². The summed E-state index contributed by atoms with van der Waals surface area (Å²) < 4.78 is 41.2. The van der Waals surface area contributed by atoms with Crippen LogP contribution in [0.15, 0.2) is 35.2 Å². The van der Waals surface area contributed by atoms with Crippen molar-refractivity contribution in [3.05, 3.63) is 50.9 Å². The number of rotatable bonds is 5. The molecular weight excluding hydrogens is 337 g/mol. The van der Waals surface area contributed by atoms with Gasteiger partial charge in [-0.15, -0.1) is 11.3 Å². The molecule has 0 saturated heterocycles. The fourth-order valence-corrected chi connectivity index (χ4v) is 4.26. The highest BCUT2D eigenvalue weighted by atomic mass is 35.5. The number of hydrogen-bond donors (Lipinski definition) is 2. The van der Waals surface area contributed by atoms with E-state index in [1.54, 1.807) is 19.1 Å². The molecule has 2 N–H and O–H groups in total. The molecule has 4 nitrogen and oxygen atoms in total. The maximum atomic E-state index is 13.7. The van der Waals surface area contributed by atoms with E-state index < -0.39 is 26.8 Å². The van der Waals surface area contributed by atoms with Crippen LogP contribution >= 0.6 is 22.9 Å². The van der Waals surface area contributed by atoms with Gasteiger partial charge in [0.1, 0.15) is 10.7 Å². The lowest BCUT2D eigenvalue weighted by Crippen LogP contribution is -2.27. The summed E-state index contributed by atoms with van der Waals surface area (Å²) in [7, 11) is -4.03. The van der Waals surface area contributed by atoms with Gasteiger partial charge in [-0.3, -0.25) is 0 Å². The Morgan fingerprint density at radius 3 is 2.67 bits per heavy atom. The number of benzene rings is 1. The second-order valence-electron chi connectivity index (χ2n) is 4.41. The largest absolute Gasteiger partial charge is 0.392 e. The van der Waals surface area contributed by atoms with Crippen molar-refractivity contribution in [2.45, 2.75) is 24.5 Å². The van der Waals surface area contributed by atoms with Crippen molar-refractivity contribution in [1.82, 2.24) is 4.72 Å². The van der Waals surface area contributed by atoms with Gasteiger partial charge in [-0.25, -0.2) is 17.5 Å². The Bertz CT molecular complexity index is 746. The van der Waals surface area contributed by atoms with Gasteiger partial charge < -0.3 is 5.11 Å². The van der Waals surface area contributed by atoms with Crippen LogP contribution in [0, 0.1) is 5.82 Å². The van der Waals surface area contributed by atoms with Gasteiger partial charge >= 0.3 is 0 Å². The molecule has 0 saturated carbocycles. The molecule has 0 bridgehead atoms. The Hall–Kier alpha value is -0.990. The molecule has 2 rings (SSSR count). The van der Waals surface area contributed by atoms with Crippen LogP contribution in [0.4, 0.5) is 4.39 Å². The van der Waals surface area contributed by atoms with Crippen LogP contribution < -0.4 is 4.72 Å². The van der Waals surface area contributed by atoms with Crippen molar-refractivity contribution in [3.8, 4) is 0 Å². The summed E-state index contributed by atoms with van der Waals surface area (Å²) in [5.41, 5.74) is 0.323. The lowest BCUT2D eigenvalue weighted by molar-refractivity contribution is 0.281. The van der Waals surface area contributed by atoms with Crippen LogP contribution in [0.25, 0.3) is 0 Å². The molecule has 0 aliphatic carbocycles. The van der Waals surface area contributed by atoms with Crippen molar-refractivity contribution in [2.24, 2.45) is 0 Å². The fourth-order valence-electron chi connectivity index (χ4n) is 1.77. The first-order valence-electron chi connectivity index (χ1n) is 6.00. The summed E-state index contributed by atoms with van der Waals surface area (Å²) >= 11 is 7.06. The summed E-state index contributed by atoms with van der Waals surface area (Å²) in [6.45, 7) is 1.28. The molecule has 1 heterocycles. The zero-order valence-electron chi connectivity index (χ0n) is 11.0. The van der Waals surface area contributed by atoms with E-state index in [1.807, 2.05) is 0 Å². The summed E-state index contributed by atoms with van der Waals surface area (Å²) in [6.07, 6.45) is 0. The summed E-state index contributed by atoms with van der Waals surface area (Å²) in [4.78, 5) is 0.242. The molecule has 21 heavy (non-hydrogen) atoms. The molecule has 0 aliphatic heterocycles. The van der Waals surface area contributed by atoms with Crippen molar-refractivity contribution in [2.75, 3.05) is 0 Å². The van der Waals surface area contributed by atoms with Crippen LogP contribution in [0.2, 0.25) is 4.34 Å². The van der Waals surface area contributed by atoms with E-state index in [0.717, 1.165) is 17.0 Å². The molecule has 1 aromatic carbocycles. The SMILES string of the molecule is CC(NS(=O)(=O)c1cc(CO)ccc1F)c1ccc(Cl)s1. The number of halogens is 2. The molecule has 8 heteroatoms. The molecule has 1 atom stereocenters. The minimum absolute atomic E-state index is 0.323. The fraction of sp³-hybridized carbons (Fsp3) is 0.231. The average Bonchev–Trinajstić information content (AvgIpc) is 2.85. The van der Waals surface area contributed by atoms with Gasteiger partial charge in [0.05, 0.1) is 17.0 Å². The molecular formula is C13H13ClFNO3S2. The zero-order valence-corrected chi connectivity index (χ0v) is 13.4. The van der Waals surface area contributed by atoms with Crippen molar-refractivity contribution < 1.29 is 17.9 Å². The number of aliphatic hydroxyl groups is 1. The van der Waals surface area contributed by atoms with E-state index in [-0.39, 0.29) is 6.61 Å². The minimum Gasteiger partial charge on any atom is -0.392 e. The monoisotopic (exact) mass is 349 g/mol. The molecule has 0 spiro atoms. The third kappa shape index (κ3) is 3.81. The van der Waals surface area contributed by atoms with Gasteiger partial charge in [-0.1, -0.05) is 17.7 Å². The number of sulfonamides is 1. The highest BCUT2D eigenvalue weighted by molar-refractivity contribution is 7.89. The second kappa shape index (κ2) is 6.41. The highest BCUT2D eigenvalue weighted by Crippen LogP contribution is 2.28. The summed E-state index contributed by atoms with van der Waals surface area (Å²) in [6, 6.07) is 6.31. The lowest BCUT2D eigenvalue weighted by Gasteiger charge is -2.13. The van der Waals surface area contributed by atoms with Gasteiger partial charge in [0.15, 0.2) is 0 Å². The molecule has 0 amide bonds. The minimum atomic E-state index is -4.03. The second-order valence-corrected chi connectivity index (χ2v) is 7.84. The maximum Gasteiger partial charge on any atom is 0.244 e. The van der Waals surface area contributed by atoms with Crippen molar-refractivity contribution in [1.29, 1.82) is 0 Å². The number of nitrogens with one attached hydrogen (secondary N) is 1. The lowest BCUT2D eigenvalue weighted by atomic mass is 10.2. The summed E-state index contributed by atoms with van der Waals surface area (Å²) in [5, 5.41) is 9.03. The van der Waals surface area contributed by atoms with E-state index in [2.05, 4.69) is 4.72 Å². The molecule has 0 fully saturated rings. The van der Waals surface area contributed by atoms with Crippen molar-refractivity contribution in [3.63, 3.8) is 0 Å². The Labute approximate surface area is 131 Å². The normalized spacial score (nSPS) is 13.3. The van der Waals surface area contributed by atoms with E-state index in [1.165, 1.54) is 17.4 Å². The van der Waals surface area contributed by atoms with Crippen LogP contribution in [0.3, 0.4) is 0 Å². The molecule has 2 aromatic rings. The van der Waals surface area contributed by atoms with E-state index in [0.29, 0.717) is 9.90 Å². The topological polar surface area (TPSA) is 66.4 Å². The Morgan fingerprint density at radius 2 is 2.10 bits per heavy atom. The van der Waals surface area contributed by atoms with Gasteiger partial charge in [0.2, 0.25) is 10.0 Å². The van der Waals surface area contributed by atoms with Crippen LogP contribution in [0.5, 0.6) is 0 Å². The van der Waals surface area contributed by atoms with Crippen LogP contribution in [-0.2, 0) is 16.6 Å². The molecule has 1 unspecified atom stereocenters. The Morgan fingerprint density at radius 1 is 1.38 bits per heavy atom. The molecule has 0 radical (unpaired) electrons. The molecule has 114 valence electrons. The van der Waals surface area contributed by atoms with Gasteiger partial charge in [0, 0.05) is 4.88 Å². The van der Waals surface area contributed by atoms with Gasteiger partial charge in [-0.05, 0) is 36.8 Å². The highest BCUT2D eigenvalue weighted by Gasteiger charge is 2.23. The standard InChI is InChI=1S/C13H13ClFNO3S2/c1-8(11-4-5-13(14)20-11)16-21(18,19)12-6-9(7-17)2-3-10(12)15/h2-6,8,16-17H,7H2,1H3. The zero-order chi connectivity index (χ0) is 15.6. The third-order valence-electron chi connectivity index (χ3n) is 2.82. The molecule has 1 aromatic heterocycles. The quantitative estimate of drug-likeness (QED) is 0.871. The third-order valence-corrected chi connectivity index (χ3v) is 5.79. The van der Waals surface area contributed by atoms with Gasteiger partial charge in [0.25, 0.3) is 0 Å². The summed E-state index contributed by atoms with van der Waals surface area (Å²) in [5.74, 6) is -0.865. The number of thiophene rings is 1. The molecule has 0 aliphatic rings. The number of hydrogen-bond acceptors (Lipinski definition) is 4. The Balaban J connectivity index is 2.30. The predicted octanol–water partition coefficient (Wildman–Crippen LogP) is 3.07. The first-order valence-corrected chi connectivity index (χ1v) is 8.68. The maximum absolute atomic E-state index is 13.7. The van der Waals surface area contributed by atoms with Crippen LogP contribution in [0.1, 0.15) is 23.4 Å². The van der Waals surface area contributed by atoms with Crippen molar-refractivity contribution >= 4 is 33.0 Å². The smallest absolute Gasteiger partial charge is 0.244 e. The average molecular weight is 350 g/mol. The Kier molecular flexibility index (Phi) is 5.00. The predicted molar refractivity (Wildman–Crippen MR) is 80.4 cm³/mol. The van der Waals surface area contributed by atoms with Gasteiger partial charge in [-0.2, -0.15) is 0 Å². The number of aliphatic hydroxyl groups excluding tert-OH is 1. The van der Waals surface area contributed by atoms with Crippen LogP contribution in [-0.4, -0.2) is 13.5 Å².